The summed E-state index contributed by atoms with van der Waals surface area (Å²) in [5, 5.41) is 0. The number of hydrogen-bond donors (Lipinski definition) is 0. The lowest BCUT2D eigenvalue weighted by molar-refractivity contribution is 0.0959. The average Bonchev–Trinajstić information content (AvgIpc) is 2.36. The summed E-state index contributed by atoms with van der Waals surface area (Å²) >= 11 is 5.05. The number of fused-ring (bicyclic) bond motifs is 1. The first-order valence-corrected chi connectivity index (χ1v) is 5.60. The molecule has 4 nitrogen and oxygen atoms in total. The summed E-state index contributed by atoms with van der Waals surface area (Å²) in [7, 11) is 0. The first-order valence-electron chi connectivity index (χ1n) is 5.23. The number of carbonyl (C=O) groups excluding carboxylic acids is 3. The molecule has 0 saturated heterocycles. The van der Waals surface area contributed by atoms with E-state index in [0.717, 1.165) is 0 Å². The fourth-order valence-electron chi connectivity index (χ4n) is 1.85. The Morgan fingerprint density at radius 2 is 1.72 bits per heavy atom. The van der Waals surface area contributed by atoms with Crippen molar-refractivity contribution in [3.8, 4) is 0 Å². The third-order valence-electron chi connectivity index (χ3n) is 2.81. The van der Waals surface area contributed by atoms with Gasteiger partial charge in [0.25, 0.3) is 0 Å². The molecule has 0 bridgehead atoms. The number of rotatable bonds is 2. The molecule has 0 radical (unpaired) electrons. The van der Waals surface area contributed by atoms with Crippen molar-refractivity contribution < 1.29 is 19.1 Å². The van der Waals surface area contributed by atoms with E-state index in [4.69, 9.17) is 11.6 Å². The molecule has 0 spiro atoms. The second-order valence-electron chi connectivity index (χ2n) is 3.83. The summed E-state index contributed by atoms with van der Waals surface area (Å²) in [5.41, 5.74) is 0.161. The lowest BCUT2D eigenvalue weighted by atomic mass is 9.85. The first-order chi connectivity index (χ1) is 8.52. The van der Waals surface area contributed by atoms with E-state index in [1.165, 1.54) is 6.92 Å². The smallest absolute Gasteiger partial charge is 0.404 e. The highest BCUT2D eigenvalue weighted by molar-refractivity contribution is 6.61. The maximum Gasteiger partial charge on any atom is 0.404 e. The van der Waals surface area contributed by atoms with Crippen LogP contribution in [0.1, 0.15) is 27.6 Å². The molecule has 0 heterocycles. The van der Waals surface area contributed by atoms with Crippen LogP contribution in [0.5, 0.6) is 0 Å². The van der Waals surface area contributed by atoms with Gasteiger partial charge in [0.2, 0.25) is 0 Å². The van der Waals surface area contributed by atoms with Gasteiger partial charge >= 0.3 is 5.43 Å². The number of ether oxygens (including phenoxy) is 1. The highest BCUT2D eigenvalue weighted by Gasteiger charge is 2.29. The second-order valence-corrected chi connectivity index (χ2v) is 4.14. The molecule has 1 aromatic carbocycles. The molecule has 92 valence electrons. The quantitative estimate of drug-likeness (QED) is 0.771. The SMILES string of the molecule is CC1=C(COC(=O)Cl)C(=O)c2ccccc2C1=O. The Morgan fingerprint density at radius 1 is 1.17 bits per heavy atom. The molecular weight excluding hydrogens is 256 g/mol. The molecule has 0 aromatic heterocycles. The molecule has 18 heavy (non-hydrogen) atoms. The van der Waals surface area contributed by atoms with Crippen molar-refractivity contribution in [1.29, 1.82) is 0 Å². The Labute approximate surface area is 108 Å². The van der Waals surface area contributed by atoms with Gasteiger partial charge in [-0.1, -0.05) is 24.3 Å². The van der Waals surface area contributed by atoms with Crippen LogP contribution in [-0.2, 0) is 4.74 Å². The average molecular weight is 265 g/mol. The summed E-state index contributed by atoms with van der Waals surface area (Å²) in [6.07, 6.45) is 0. The predicted molar refractivity (Wildman–Crippen MR) is 65.0 cm³/mol. The zero-order valence-corrected chi connectivity index (χ0v) is 10.3. The highest BCUT2D eigenvalue weighted by Crippen LogP contribution is 2.26. The number of Topliss-reactive ketones (excluding diaryl/α,β-unsaturated/α-hetero) is 2. The van der Waals surface area contributed by atoms with E-state index in [1.54, 1.807) is 24.3 Å². The van der Waals surface area contributed by atoms with Gasteiger partial charge in [-0.2, -0.15) is 0 Å². The van der Waals surface area contributed by atoms with Crippen molar-refractivity contribution in [2.75, 3.05) is 6.61 Å². The summed E-state index contributed by atoms with van der Waals surface area (Å²) < 4.78 is 4.58. The molecule has 1 aromatic rings. The zero-order chi connectivity index (χ0) is 13.3. The van der Waals surface area contributed by atoms with Crippen LogP contribution in [0.4, 0.5) is 4.79 Å². The Hall–Kier alpha value is -1.94. The molecule has 0 unspecified atom stereocenters. The molecular formula is C13H9ClO4. The monoisotopic (exact) mass is 264 g/mol. The normalized spacial score (nSPS) is 14.6. The number of hydrogen-bond acceptors (Lipinski definition) is 4. The standard InChI is InChI=1S/C13H9ClO4/c1-7-10(6-18-13(14)17)12(16)9-5-3-2-4-8(9)11(7)15/h2-5H,6H2,1H3. The Morgan fingerprint density at radius 3 is 2.28 bits per heavy atom. The summed E-state index contributed by atoms with van der Waals surface area (Å²) in [6, 6.07) is 6.55. The topological polar surface area (TPSA) is 60.4 Å². The van der Waals surface area contributed by atoms with Gasteiger partial charge in [-0.15, -0.1) is 0 Å². The van der Waals surface area contributed by atoms with Crippen LogP contribution >= 0.6 is 11.6 Å². The maximum absolute atomic E-state index is 12.1. The van der Waals surface area contributed by atoms with E-state index in [9.17, 15) is 14.4 Å². The van der Waals surface area contributed by atoms with E-state index in [1.807, 2.05) is 0 Å². The minimum Gasteiger partial charge on any atom is -0.449 e. The molecule has 0 aliphatic heterocycles. The Balaban J connectivity index is 2.43. The van der Waals surface area contributed by atoms with Crippen molar-refractivity contribution in [2.24, 2.45) is 0 Å². The second kappa shape index (κ2) is 4.74. The molecule has 0 N–H and O–H groups in total. The van der Waals surface area contributed by atoms with Crippen molar-refractivity contribution in [1.82, 2.24) is 0 Å². The predicted octanol–water partition coefficient (Wildman–Crippen LogP) is 2.76. The van der Waals surface area contributed by atoms with Crippen LogP contribution in [0.2, 0.25) is 0 Å². The van der Waals surface area contributed by atoms with E-state index >= 15 is 0 Å². The van der Waals surface area contributed by atoms with E-state index in [0.29, 0.717) is 11.1 Å². The molecule has 2 rings (SSSR count). The number of allylic oxidation sites excluding steroid dienone is 1. The molecule has 0 saturated carbocycles. The van der Waals surface area contributed by atoms with Crippen LogP contribution in [-0.4, -0.2) is 23.6 Å². The summed E-state index contributed by atoms with van der Waals surface area (Å²) in [5.74, 6) is -0.536. The Bertz CT molecular complexity index is 586. The van der Waals surface area contributed by atoms with Gasteiger partial charge in [0, 0.05) is 33.9 Å². The molecule has 1 aliphatic carbocycles. The fourth-order valence-corrected chi connectivity index (χ4v) is 1.91. The van der Waals surface area contributed by atoms with Crippen molar-refractivity contribution in [3.05, 3.63) is 46.5 Å². The third-order valence-corrected chi connectivity index (χ3v) is 2.92. The van der Waals surface area contributed by atoms with E-state index in [2.05, 4.69) is 4.74 Å². The third kappa shape index (κ3) is 2.07. The lowest BCUT2D eigenvalue weighted by Gasteiger charge is -2.18. The maximum atomic E-state index is 12.1. The van der Waals surface area contributed by atoms with Gasteiger partial charge in [0.05, 0.1) is 0 Å². The number of carbonyl (C=O) groups is 3. The van der Waals surface area contributed by atoms with Crippen LogP contribution in [0.25, 0.3) is 0 Å². The minimum atomic E-state index is -1.01. The minimum absolute atomic E-state index is 0.174. The van der Waals surface area contributed by atoms with E-state index in [-0.39, 0.29) is 29.3 Å². The molecule has 0 amide bonds. The number of ketones is 2. The van der Waals surface area contributed by atoms with Crippen LogP contribution in [0.15, 0.2) is 35.4 Å². The molecule has 5 heteroatoms. The van der Waals surface area contributed by atoms with Gasteiger partial charge < -0.3 is 4.74 Å². The highest BCUT2D eigenvalue weighted by atomic mass is 35.5. The molecule has 0 atom stereocenters. The zero-order valence-electron chi connectivity index (χ0n) is 9.53. The van der Waals surface area contributed by atoms with Gasteiger partial charge in [0.15, 0.2) is 11.6 Å². The van der Waals surface area contributed by atoms with Crippen LogP contribution < -0.4 is 0 Å². The fraction of sp³-hybridized carbons (Fsp3) is 0.154. The lowest BCUT2D eigenvalue weighted by Crippen LogP contribution is -2.23. The van der Waals surface area contributed by atoms with Crippen LogP contribution in [0.3, 0.4) is 0 Å². The van der Waals surface area contributed by atoms with Gasteiger partial charge in [-0.25, -0.2) is 4.79 Å². The first kappa shape index (κ1) is 12.5. The van der Waals surface area contributed by atoms with Gasteiger partial charge in [-0.3, -0.25) is 9.59 Å². The van der Waals surface area contributed by atoms with Crippen molar-refractivity contribution in [2.45, 2.75) is 6.92 Å². The molecule has 0 fully saturated rings. The Kier molecular flexibility index (Phi) is 3.30. The summed E-state index contributed by atoms with van der Waals surface area (Å²) in [6.45, 7) is 1.25. The molecule has 1 aliphatic rings. The van der Waals surface area contributed by atoms with E-state index < -0.39 is 5.43 Å². The van der Waals surface area contributed by atoms with Gasteiger partial charge in [-0.05, 0) is 6.92 Å². The summed E-state index contributed by atoms with van der Waals surface area (Å²) in [4.78, 5) is 34.7. The number of halogens is 1. The number of benzene rings is 1. The van der Waals surface area contributed by atoms with Crippen molar-refractivity contribution in [3.63, 3.8) is 0 Å². The largest absolute Gasteiger partial charge is 0.449 e. The van der Waals surface area contributed by atoms with Gasteiger partial charge in [0.1, 0.15) is 6.61 Å². The van der Waals surface area contributed by atoms with Crippen LogP contribution in [0, 0.1) is 0 Å². The van der Waals surface area contributed by atoms with Crippen molar-refractivity contribution >= 4 is 28.6 Å².